The normalized spacial score (nSPS) is 15.9. The second-order valence-electron chi connectivity index (χ2n) is 4.96. The minimum Gasteiger partial charge on any atom is -0.299 e. The van der Waals surface area contributed by atoms with Gasteiger partial charge in [0.05, 0.1) is 4.91 Å². The highest BCUT2D eigenvalue weighted by Crippen LogP contribution is 2.33. The first-order chi connectivity index (χ1) is 11.9. The van der Waals surface area contributed by atoms with Crippen molar-refractivity contribution < 1.29 is 9.59 Å². The highest BCUT2D eigenvalue weighted by atomic mass is 35.5. The molecule has 0 aliphatic carbocycles. The van der Waals surface area contributed by atoms with Gasteiger partial charge in [-0.3, -0.25) is 19.8 Å². The maximum absolute atomic E-state index is 12.5. The van der Waals surface area contributed by atoms with E-state index in [9.17, 15) is 9.59 Å². The van der Waals surface area contributed by atoms with Crippen molar-refractivity contribution in [2.45, 2.75) is 6.92 Å². The second-order valence-corrected chi connectivity index (χ2v) is 8.23. The fraction of sp³-hybridized carbons (Fsp3) is 0.133. The average molecular weight is 411 g/mol. The molecule has 0 radical (unpaired) electrons. The van der Waals surface area contributed by atoms with Crippen LogP contribution in [0.3, 0.4) is 0 Å². The lowest BCUT2D eigenvalue weighted by molar-refractivity contribution is -0.126. The molecule has 2 heterocycles. The molecule has 1 aromatic heterocycles. The lowest BCUT2D eigenvalue weighted by atomic mass is 10.2. The summed E-state index contributed by atoms with van der Waals surface area (Å²) >= 11 is 13.7. The second kappa shape index (κ2) is 7.61. The van der Waals surface area contributed by atoms with Crippen molar-refractivity contribution in [2.75, 3.05) is 11.9 Å². The van der Waals surface area contributed by atoms with Gasteiger partial charge in [0, 0.05) is 5.02 Å². The summed E-state index contributed by atoms with van der Waals surface area (Å²) in [6, 6.07) is 7.19. The van der Waals surface area contributed by atoms with E-state index in [1.807, 2.05) is 12.1 Å². The van der Waals surface area contributed by atoms with Gasteiger partial charge in [0.15, 0.2) is 0 Å². The summed E-state index contributed by atoms with van der Waals surface area (Å²) in [5, 5.41) is 11.9. The van der Waals surface area contributed by atoms with E-state index in [1.54, 1.807) is 25.1 Å². The van der Waals surface area contributed by atoms with E-state index in [1.165, 1.54) is 16.2 Å². The van der Waals surface area contributed by atoms with Crippen LogP contribution in [0.15, 0.2) is 29.2 Å². The molecule has 1 aromatic carbocycles. The third-order valence-corrected chi connectivity index (χ3v) is 5.62. The number of thioether (sulfide) groups is 1. The number of aryl methyl sites for hydroxylation is 1. The zero-order chi connectivity index (χ0) is 18.0. The molecule has 0 unspecified atom stereocenters. The van der Waals surface area contributed by atoms with Gasteiger partial charge in [-0.2, -0.15) is 0 Å². The number of nitrogens with zero attached hydrogens (tertiary/aromatic N) is 3. The number of carbonyl (C=O) groups excluding carboxylic acids is 2. The molecular weight excluding hydrogens is 400 g/mol. The van der Waals surface area contributed by atoms with Gasteiger partial charge in [0.1, 0.15) is 15.9 Å². The van der Waals surface area contributed by atoms with E-state index < -0.39 is 0 Å². The number of halogens is 1. The Morgan fingerprint density at radius 3 is 2.84 bits per heavy atom. The van der Waals surface area contributed by atoms with Crippen molar-refractivity contribution in [1.29, 1.82) is 0 Å². The molecule has 2 aromatic rings. The maximum atomic E-state index is 12.5. The summed E-state index contributed by atoms with van der Waals surface area (Å²) in [6.45, 7) is 1.61. The number of hydrogen-bond donors (Lipinski definition) is 1. The third-order valence-electron chi connectivity index (χ3n) is 3.14. The van der Waals surface area contributed by atoms with E-state index >= 15 is 0 Å². The molecule has 1 fully saturated rings. The van der Waals surface area contributed by atoms with Gasteiger partial charge in [-0.15, -0.1) is 10.2 Å². The summed E-state index contributed by atoms with van der Waals surface area (Å²) in [4.78, 5) is 26.3. The van der Waals surface area contributed by atoms with E-state index in [-0.39, 0.29) is 18.4 Å². The Bertz CT molecular complexity index is 896. The number of amides is 2. The number of carbonyl (C=O) groups is 2. The van der Waals surface area contributed by atoms with Crippen LogP contribution in [0.2, 0.25) is 5.02 Å². The number of benzene rings is 1. The van der Waals surface area contributed by atoms with Crippen LogP contribution in [0.5, 0.6) is 0 Å². The zero-order valence-corrected chi connectivity index (χ0v) is 16.1. The molecule has 2 amide bonds. The third kappa shape index (κ3) is 4.24. The van der Waals surface area contributed by atoms with Gasteiger partial charge < -0.3 is 0 Å². The number of nitrogens with one attached hydrogen (secondary N) is 1. The molecule has 0 bridgehead atoms. The van der Waals surface area contributed by atoms with Crippen LogP contribution >= 0.6 is 46.9 Å². The molecule has 1 N–H and O–H groups in total. The molecule has 6 nitrogen and oxygen atoms in total. The van der Waals surface area contributed by atoms with Crippen molar-refractivity contribution in [3.63, 3.8) is 0 Å². The molecule has 0 spiro atoms. The molecular formula is C15H11ClN4O2S3. The summed E-state index contributed by atoms with van der Waals surface area (Å²) in [7, 11) is 0. The Balaban J connectivity index is 1.71. The van der Waals surface area contributed by atoms with Crippen LogP contribution in [0.25, 0.3) is 6.08 Å². The highest BCUT2D eigenvalue weighted by Gasteiger charge is 2.33. The number of rotatable bonds is 4. The lowest BCUT2D eigenvalue weighted by Crippen LogP contribution is -2.36. The quantitative estimate of drug-likeness (QED) is 0.615. The topological polar surface area (TPSA) is 75.2 Å². The summed E-state index contributed by atoms with van der Waals surface area (Å²) in [5.41, 5.74) is 0.721. The summed E-state index contributed by atoms with van der Waals surface area (Å²) in [6.07, 6.45) is 1.67. The van der Waals surface area contributed by atoms with Crippen LogP contribution in [-0.2, 0) is 9.59 Å². The number of thiocarbonyl (C=S) groups is 1. The first-order valence-corrected chi connectivity index (χ1v) is 9.46. The SMILES string of the molecule is Cc1nnc(NC(=O)CN2C(=O)C(=Cc3ccccc3Cl)SC2=S)s1. The Morgan fingerprint density at radius 1 is 1.40 bits per heavy atom. The number of aromatic nitrogens is 2. The molecule has 0 saturated carbocycles. The number of anilines is 1. The fourth-order valence-corrected chi connectivity index (χ4v) is 4.06. The molecule has 128 valence electrons. The predicted molar refractivity (Wildman–Crippen MR) is 105 cm³/mol. The summed E-state index contributed by atoms with van der Waals surface area (Å²) < 4.78 is 0.326. The molecule has 1 aliphatic heterocycles. The Hall–Kier alpha value is -1.81. The molecule has 1 saturated heterocycles. The van der Waals surface area contributed by atoms with Gasteiger partial charge in [-0.1, -0.05) is 65.1 Å². The minimum absolute atomic E-state index is 0.177. The van der Waals surface area contributed by atoms with Crippen LogP contribution in [0.4, 0.5) is 5.13 Å². The van der Waals surface area contributed by atoms with E-state index in [4.69, 9.17) is 23.8 Å². The molecule has 0 atom stereocenters. The molecule has 10 heteroatoms. The van der Waals surface area contributed by atoms with Crippen molar-refractivity contribution in [2.24, 2.45) is 0 Å². The van der Waals surface area contributed by atoms with Crippen LogP contribution < -0.4 is 5.32 Å². The van der Waals surface area contributed by atoms with Crippen molar-refractivity contribution >= 4 is 74.3 Å². The van der Waals surface area contributed by atoms with Crippen LogP contribution in [0.1, 0.15) is 10.6 Å². The average Bonchev–Trinajstić information content (AvgIpc) is 3.08. The van der Waals surface area contributed by atoms with E-state index in [2.05, 4.69) is 15.5 Å². The standard InChI is InChI=1S/C15H11ClN4O2S3/c1-8-18-19-14(24-8)17-12(21)7-20-13(22)11(25-15(20)23)6-9-4-2-3-5-10(9)16/h2-6H,7H2,1H3,(H,17,19,21). The Kier molecular flexibility index (Phi) is 5.48. The first-order valence-electron chi connectivity index (χ1n) is 7.04. The van der Waals surface area contributed by atoms with Crippen molar-refractivity contribution in [3.8, 4) is 0 Å². The smallest absolute Gasteiger partial charge is 0.266 e. The number of hydrogen-bond acceptors (Lipinski definition) is 7. The lowest BCUT2D eigenvalue weighted by Gasteiger charge is -2.13. The zero-order valence-electron chi connectivity index (χ0n) is 12.9. The Labute approximate surface area is 162 Å². The van der Waals surface area contributed by atoms with Crippen LogP contribution in [0, 0.1) is 6.92 Å². The largest absolute Gasteiger partial charge is 0.299 e. The highest BCUT2D eigenvalue weighted by molar-refractivity contribution is 8.26. The first kappa shape index (κ1) is 18.0. The summed E-state index contributed by atoms with van der Waals surface area (Å²) in [5.74, 6) is -0.704. The molecule has 25 heavy (non-hydrogen) atoms. The van der Waals surface area contributed by atoms with Crippen molar-refractivity contribution in [3.05, 3.63) is 44.8 Å². The van der Waals surface area contributed by atoms with Gasteiger partial charge in [0.2, 0.25) is 11.0 Å². The van der Waals surface area contributed by atoms with E-state index in [0.717, 1.165) is 22.3 Å². The molecule has 3 rings (SSSR count). The molecule has 1 aliphatic rings. The van der Waals surface area contributed by atoms with E-state index in [0.29, 0.717) is 19.4 Å². The predicted octanol–water partition coefficient (Wildman–Crippen LogP) is 3.34. The van der Waals surface area contributed by atoms with Gasteiger partial charge in [-0.05, 0) is 24.6 Å². The van der Waals surface area contributed by atoms with Crippen molar-refractivity contribution in [1.82, 2.24) is 15.1 Å². The van der Waals surface area contributed by atoms with Crippen LogP contribution in [-0.4, -0.2) is 37.8 Å². The Morgan fingerprint density at radius 2 is 2.16 bits per heavy atom. The minimum atomic E-state index is -0.383. The maximum Gasteiger partial charge on any atom is 0.266 e. The van der Waals surface area contributed by atoms with Gasteiger partial charge in [-0.25, -0.2) is 0 Å². The monoisotopic (exact) mass is 410 g/mol. The van der Waals surface area contributed by atoms with Gasteiger partial charge >= 0.3 is 0 Å². The van der Waals surface area contributed by atoms with Gasteiger partial charge in [0.25, 0.3) is 5.91 Å². The fourth-order valence-electron chi connectivity index (χ4n) is 2.02.